The molecular weight excluding hydrogens is 286 g/mol. The summed E-state index contributed by atoms with van der Waals surface area (Å²) in [5.41, 5.74) is 4.07. The summed E-state index contributed by atoms with van der Waals surface area (Å²) in [7, 11) is 0. The van der Waals surface area contributed by atoms with Gasteiger partial charge in [-0.3, -0.25) is 4.79 Å². The lowest BCUT2D eigenvalue weighted by Gasteiger charge is -2.35. The molecule has 1 aliphatic heterocycles. The maximum Gasteiger partial charge on any atom is 0.254 e. The van der Waals surface area contributed by atoms with Crippen molar-refractivity contribution in [2.45, 2.75) is 26.3 Å². The number of nitrogens with zero attached hydrogens (tertiary/aromatic N) is 1. The molecule has 1 fully saturated rings. The highest BCUT2D eigenvalue weighted by Crippen LogP contribution is 2.27. The van der Waals surface area contributed by atoms with Crippen LogP contribution >= 0.6 is 0 Å². The van der Waals surface area contributed by atoms with E-state index < -0.39 is 0 Å². The van der Waals surface area contributed by atoms with Gasteiger partial charge in [0.15, 0.2) is 0 Å². The zero-order valence-corrected chi connectivity index (χ0v) is 13.8. The van der Waals surface area contributed by atoms with Crippen molar-refractivity contribution in [3.63, 3.8) is 0 Å². The average Bonchev–Trinajstić information content (AvgIpc) is 2.61. The van der Waals surface area contributed by atoms with E-state index in [0.717, 1.165) is 23.1 Å². The van der Waals surface area contributed by atoms with Crippen LogP contribution < -0.4 is 0 Å². The van der Waals surface area contributed by atoms with Crippen molar-refractivity contribution < 1.29 is 9.53 Å². The third kappa shape index (κ3) is 3.30. The normalized spacial score (nSPS) is 18.0. The molecule has 0 aromatic heterocycles. The summed E-state index contributed by atoms with van der Waals surface area (Å²) in [6.07, 6.45) is 0.915. The lowest BCUT2D eigenvalue weighted by atomic mass is 9.97. The van der Waals surface area contributed by atoms with Crippen molar-refractivity contribution in [2.75, 3.05) is 19.8 Å². The smallest absolute Gasteiger partial charge is 0.254 e. The Morgan fingerprint density at radius 2 is 2.04 bits per heavy atom. The molecule has 23 heavy (non-hydrogen) atoms. The number of benzene rings is 2. The first-order valence-corrected chi connectivity index (χ1v) is 8.25. The minimum absolute atomic E-state index is 0.109. The Labute approximate surface area is 137 Å². The first-order chi connectivity index (χ1) is 11.2. The van der Waals surface area contributed by atoms with Crippen LogP contribution in [0.25, 0.3) is 11.1 Å². The fourth-order valence-electron chi connectivity index (χ4n) is 3.15. The molecule has 1 aliphatic rings. The van der Waals surface area contributed by atoms with Crippen LogP contribution in [0.15, 0.2) is 48.5 Å². The average molecular weight is 309 g/mol. The number of aryl methyl sites for hydroxylation is 1. The molecule has 0 bridgehead atoms. The van der Waals surface area contributed by atoms with Gasteiger partial charge in [0.05, 0.1) is 19.3 Å². The Morgan fingerprint density at radius 3 is 2.83 bits per heavy atom. The largest absolute Gasteiger partial charge is 0.377 e. The zero-order chi connectivity index (χ0) is 16.2. The number of hydrogen-bond acceptors (Lipinski definition) is 2. The number of carbonyl (C=O) groups excluding carboxylic acids is 1. The lowest BCUT2D eigenvalue weighted by Crippen LogP contribution is -2.48. The van der Waals surface area contributed by atoms with Gasteiger partial charge in [-0.15, -0.1) is 0 Å². The third-order valence-electron chi connectivity index (χ3n) is 4.45. The van der Waals surface area contributed by atoms with Gasteiger partial charge < -0.3 is 9.64 Å². The molecule has 1 amide bonds. The van der Waals surface area contributed by atoms with Gasteiger partial charge in [-0.1, -0.05) is 55.0 Å². The zero-order valence-electron chi connectivity index (χ0n) is 13.8. The summed E-state index contributed by atoms with van der Waals surface area (Å²) < 4.78 is 5.53. The van der Waals surface area contributed by atoms with Crippen LogP contribution in [-0.4, -0.2) is 36.6 Å². The Morgan fingerprint density at radius 1 is 1.22 bits per heavy atom. The third-order valence-corrected chi connectivity index (χ3v) is 4.45. The molecule has 3 rings (SSSR count). The van der Waals surface area contributed by atoms with Crippen molar-refractivity contribution in [3.8, 4) is 11.1 Å². The Hall–Kier alpha value is -2.13. The number of hydrogen-bond donors (Lipinski definition) is 0. The molecule has 0 unspecified atom stereocenters. The van der Waals surface area contributed by atoms with Gasteiger partial charge >= 0.3 is 0 Å². The van der Waals surface area contributed by atoms with Gasteiger partial charge in [-0.2, -0.15) is 0 Å². The van der Waals surface area contributed by atoms with Crippen molar-refractivity contribution in [2.24, 2.45) is 0 Å². The molecule has 120 valence electrons. The molecule has 0 saturated carbocycles. The first kappa shape index (κ1) is 15.8. The molecule has 0 aliphatic carbocycles. The number of amides is 1. The van der Waals surface area contributed by atoms with Gasteiger partial charge in [-0.25, -0.2) is 0 Å². The minimum atomic E-state index is 0.109. The summed E-state index contributed by atoms with van der Waals surface area (Å²) >= 11 is 0. The molecule has 2 aromatic carbocycles. The van der Waals surface area contributed by atoms with Gasteiger partial charge in [0.2, 0.25) is 0 Å². The Kier molecular flexibility index (Phi) is 4.77. The summed E-state index contributed by atoms with van der Waals surface area (Å²) in [4.78, 5) is 15.1. The summed E-state index contributed by atoms with van der Waals surface area (Å²) in [6.45, 7) is 6.10. The maximum absolute atomic E-state index is 13.1. The summed E-state index contributed by atoms with van der Waals surface area (Å²) in [5, 5.41) is 0. The number of rotatable bonds is 3. The molecule has 0 spiro atoms. The SMILES string of the molecule is CC[C@H]1COCCN1C(=O)c1ccccc1-c1cccc(C)c1. The molecule has 1 atom stereocenters. The minimum Gasteiger partial charge on any atom is -0.377 e. The molecule has 3 nitrogen and oxygen atoms in total. The second-order valence-corrected chi connectivity index (χ2v) is 6.05. The lowest BCUT2D eigenvalue weighted by molar-refractivity contribution is -0.00275. The van der Waals surface area contributed by atoms with Crippen LogP contribution in [0.3, 0.4) is 0 Å². The second-order valence-electron chi connectivity index (χ2n) is 6.05. The van der Waals surface area contributed by atoms with E-state index in [0.29, 0.717) is 19.8 Å². The van der Waals surface area contributed by atoms with Crippen molar-refractivity contribution >= 4 is 5.91 Å². The number of carbonyl (C=O) groups is 1. The molecule has 2 aromatic rings. The molecule has 1 heterocycles. The van der Waals surface area contributed by atoms with Gasteiger partial charge in [0.1, 0.15) is 0 Å². The molecule has 3 heteroatoms. The maximum atomic E-state index is 13.1. The van der Waals surface area contributed by atoms with E-state index in [1.807, 2.05) is 35.2 Å². The highest BCUT2D eigenvalue weighted by atomic mass is 16.5. The first-order valence-electron chi connectivity index (χ1n) is 8.25. The van der Waals surface area contributed by atoms with Crippen molar-refractivity contribution in [1.82, 2.24) is 4.90 Å². The highest BCUT2D eigenvalue weighted by molar-refractivity contribution is 6.01. The van der Waals surface area contributed by atoms with E-state index in [1.54, 1.807) is 0 Å². The van der Waals surface area contributed by atoms with E-state index in [-0.39, 0.29) is 11.9 Å². The Balaban J connectivity index is 1.98. The number of morpholine rings is 1. The fraction of sp³-hybridized carbons (Fsp3) is 0.350. The van der Waals surface area contributed by atoms with Gasteiger partial charge in [-0.05, 0) is 30.5 Å². The van der Waals surface area contributed by atoms with Crippen LogP contribution in [0.5, 0.6) is 0 Å². The van der Waals surface area contributed by atoms with E-state index in [1.165, 1.54) is 5.56 Å². The predicted molar refractivity (Wildman–Crippen MR) is 92.5 cm³/mol. The van der Waals surface area contributed by atoms with Crippen LogP contribution in [-0.2, 0) is 4.74 Å². The summed E-state index contributed by atoms with van der Waals surface area (Å²) in [5.74, 6) is 0.109. The highest BCUT2D eigenvalue weighted by Gasteiger charge is 2.28. The quantitative estimate of drug-likeness (QED) is 0.860. The van der Waals surface area contributed by atoms with E-state index >= 15 is 0 Å². The second kappa shape index (κ2) is 6.97. The van der Waals surface area contributed by atoms with Gasteiger partial charge in [0.25, 0.3) is 5.91 Å². The topological polar surface area (TPSA) is 29.5 Å². The fourth-order valence-corrected chi connectivity index (χ4v) is 3.15. The van der Waals surface area contributed by atoms with E-state index in [9.17, 15) is 4.79 Å². The Bertz CT molecular complexity index is 696. The van der Waals surface area contributed by atoms with Crippen LogP contribution in [0.2, 0.25) is 0 Å². The van der Waals surface area contributed by atoms with Gasteiger partial charge in [0, 0.05) is 12.1 Å². The standard InChI is InChI=1S/C20H23NO2/c1-3-17-14-23-12-11-21(17)20(22)19-10-5-4-9-18(19)16-8-6-7-15(2)13-16/h4-10,13,17H,3,11-12,14H2,1-2H3/t17-/m0/s1. The predicted octanol–water partition coefficient (Wildman–Crippen LogP) is 3.91. The van der Waals surface area contributed by atoms with Crippen LogP contribution in [0.1, 0.15) is 29.3 Å². The molecule has 0 radical (unpaired) electrons. The van der Waals surface area contributed by atoms with E-state index in [4.69, 9.17) is 4.74 Å². The monoisotopic (exact) mass is 309 g/mol. The molecular formula is C20H23NO2. The van der Waals surface area contributed by atoms with Crippen molar-refractivity contribution in [1.29, 1.82) is 0 Å². The van der Waals surface area contributed by atoms with Crippen molar-refractivity contribution in [3.05, 3.63) is 59.7 Å². The van der Waals surface area contributed by atoms with Crippen LogP contribution in [0.4, 0.5) is 0 Å². The molecule has 0 N–H and O–H groups in total. The number of ether oxygens (including phenoxy) is 1. The van der Waals surface area contributed by atoms with Crippen LogP contribution in [0, 0.1) is 6.92 Å². The molecule has 1 saturated heterocycles. The van der Waals surface area contributed by atoms with E-state index in [2.05, 4.69) is 32.0 Å². The summed E-state index contributed by atoms with van der Waals surface area (Å²) in [6, 6.07) is 16.4.